The largest absolute Gasteiger partial charge is 0.352 e. The van der Waals surface area contributed by atoms with Crippen LogP contribution in [0.4, 0.5) is 0 Å². The van der Waals surface area contributed by atoms with E-state index in [2.05, 4.69) is 5.32 Å². The van der Waals surface area contributed by atoms with E-state index in [4.69, 9.17) is 23.2 Å². The topological polar surface area (TPSA) is 49.4 Å². The van der Waals surface area contributed by atoms with Gasteiger partial charge < -0.3 is 10.2 Å². The number of carbonyl (C=O) groups excluding carboxylic acids is 2. The lowest BCUT2D eigenvalue weighted by molar-refractivity contribution is -0.140. The Hall–Kier alpha value is -2.04. The van der Waals surface area contributed by atoms with E-state index in [9.17, 15) is 9.59 Å². The second-order valence-electron chi connectivity index (χ2n) is 7.85. The summed E-state index contributed by atoms with van der Waals surface area (Å²) in [6.45, 7) is 10.00. The first-order valence-corrected chi connectivity index (χ1v) is 11.0. The molecule has 1 N–H and O–H groups in total. The molecule has 0 spiro atoms. The first-order chi connectivity index (χ1) is 14.1. The zero-order valence-corrected chi connectivity index (χ0v) is 19.8. The third kappa shape index (κ3) is 6.48. The van der Waals surface area contributed by atoms with Gasteiger partial charge >= 0.3 is 0 Å². The van der Waals surface area contributed by atoms with E-state index in [-0.39, 0.29) is 30.8 Å². The van der Waals surface area contributed by atoms with Crippen molar-refractivity contribution in [1.29, 1.82) is 0 Å². The Labute approximate surface area is 189 Å². The van der Waals surface area contributed by atoms with Crippen molar-refractivity contribution in [1.82, 2.24) is 10.2 Å². The number of hydrogen-bond donors (Lipinski definition) is 1. The van der Waals surface area contributed by atoms with Gasteiger partial charge in [0.1, 0.15) is 6.04 Å². The van der Waals surface area contributed by atoms with Crippen LogP contribution in [0.5, 0.6) is 0 Å². The maximum absolute atomic E-state index is 13.3. The fraction of sp³-hybridized carbons (Fsp3) is 0.417. The van der Waals surface area contributed by atoms with Crippen LogP contribution in [0.15, 0.2) is 36.4 Å². The predicted molar refractivity (Wildman–Crippen MR) is 124 cm³/mol. The second-order valence-corrected chi connectivity index (χ2v) is 8.69. The molecule has 2 atom stereocenters. The third-order valence-electron chi connectivity index (χ3n) is 5.45. The van der Waals surface area contributed by atoms with E-state index in [1.807, 2.05) is 45.9 Å². The second kappa shape index (κ2) is 10.8. The van der Waals surface area contributed by atoms with Crippen LogP contribution in [0.1, 0.15) is 49.4 Å². The van der Waals surface area contributed by atoms with Gasteiger partial charge in [-0.2, -0.15) is 0 Å². The zero-order valence-electron chi connectivity index (χ0n) is 18.3. The molecule has 4 nitrogen and oxygen atoms in total. The minimum atomic E-state index is -0.634. The average molecular weight is 449 g/mol. The minimum Gasteiger partial charge on any atom is -0.352 e. The summed E-state index contributed by atoms with van der Waals surface area (Å²) in [6, 6.07) is 10.6. The van der Waals surface area contributed by atoms with Crippen LogP contribution in [0.25, 0.3) is 0 Å². The molecule has 0 unspecified atom stereocenters. The summed E-state index contributed by atoms with van der Waals surface area (Å²) in [7, 11) is 0. The number of nitrogens with one attached hydrogen (secondary N) is 1. The predicted octanol–water partition coefficient (Wildman–Crippen LogP) is 5.48. The first-order valence-electron chi connectivity index (χ1n) is 10.2. The van der Waals surface area contributed by atoms with Gasteiger partial charge in [-0.1, -0.05) is 54.4 Å². The molecule has 162 valence electrons. The molecule has 30 heavy (non-hydrogen) atoms. The molecular weight excluding hydrogens is 419 g/mol. The number of rotatable bonds is 8. The average Bonchev–Trinajstić information content (AvgIpc) is 2.69. The van der Waals surface area contributed by atoms with E-state index >= 15 is 0 Å². The van der Waals surface area contributed by atoms with E-state index in [0.717, 1.165) is 23.1 Å². The van der Waals surface area contributed by atoms with Gasteiger partial charge in [-0.25, -0.2) is 0 Å². The van der Waals surface area contributed by atoms with Gasteiger partial charge in [0.15, 0.2) is 0 Å². The smallest absolute Gasteiger partial charge is 0.242 e. The lowest BCUT2D eigenvalue weighted by atomic mass is 10.0. The van der Waals surface area contributed by atoms with E-state index in [1.165, 1.54) is 5.56 Å². The number of halogens is 2. The highest BCUT2D eigenvalue weighted by molar-refractivity contribution is 6.35. The number of carbonyl (C=O) groups is 2. The van der Waals surface area contributed by atoms with Crippen LogP contribution < -0.4 is 5.32 Å². The summed E-state index contributed by atoms with van der Waals surface area (Å²) in [5, 5.41) is 3.97. The van der Waals surface area contributed by atoms with Gasteiger partial charge in [0, 0.05) is 22.6 Å². The summed E-state index contributed by atoms with van der Waals surface area (Å²) >= 11 is 12.4. The number of nitrogens with zero attached hydrogens (tertiary/aromatic N) is 1. The van der Waals surface area contributed by atoms with E-state index < -0.39 is 6.04 Å². The molecule has 2 aromatic carbocycles. The van der Waals surface area contributed by atoms with Crippen LogP contribution in [-0.4, -0.2) is 28.8 Å². The summed E-state index contributed by atoms with van der Waals surface area (Å²) in [6.07, 6.45) is 1.03. The van der Waals surface area contributed by atoms with Crippen LogP contribution in [-0.2, 0) is 22.6 Å². The lowest BCUT2D eigenvalue weighted by Gasteiger charge is -2.30. The Balaban J connectivity index is 2.29. The Morgan fingerprint density at radius 3 is 2.33 bits per heavy atom. The molecular formula is C24H30Cl2N2O2. The highest BCUT2D eigenvalue weighted by atomic mass is 35.5. The molecule has 0 radical (unpaired) electrons. The molecule has 0 aliphatic rings. The van der Waals surface area contributed by atoms with Crippen molar-refractivity contribution < 1.29 is 9.59 Å². The summed E-state index contributed by atoms with van der Waals surface area (Å²) < 4.78 is 0. The summed E-state index contributed by atoms with van der Waals surface area (Å²) in [5.41, 5.74) is 3.98. The quantitative estimate of drug-likeness (QED) is 0.580. The van der Waals surface area contributed by atoms with Gasteiger partial charge in [-0.3, -0.25) is 9.59 Å². The molecule has 0 aliphatic heterocycles. The Morgan fingerprint density at radius 1 is 1.03 bits per heavy atom. The Morgan fingerprint density at radius 2 is 1.73 bits per heavy atom. The number of aryl methyl sites for hydroxylation is 2. The van der Waals surface area contributed by atoms with Crippen molar-refractivity contribution >= 4 is 35.0 Å². The highest BCUT2D eigenvalue weighted by Crippen LogP contribution is 2.24. The SMILES string of the molecule is CC[C@H](C)NC(=O)[C@H](C)N(Cc1ccc(Cl)cc1Cl)C(=O)Cc1ccc(C)c(C)c1. The standard InChI is InChI=1S/C24H30Cl2N2O2/c1-6-17(4)27-24(30)18(5)28(14-20-9-10-21(25)13-22(20)26)23(29)12-19-8-7-15(2)16(3)11-19/h7-11,13,17-18H,6,12,14H2,1-5H3,(H,27,30)/t17-,18-/m0/s1. The number of hydrogen-bond acceptors (Lipinski definition) is 2. The van der Waals surface area contributed by atoms with Crippen molar-refractivity contribution in [2.24, 2.45) is 0 Å². The summed E-state index contributed by atoms with van der Waals surface area (Å²) in [5.74, 6) is -0.307. The molecule has 2 amide bonds. The van der Waals surface area contributed by atoms with Crippen LogP contribution in [0.2, 0.25) is 10.0 Å². The van der Waals surface area contributed by atoms with Crippen LogP contribution >= 0.6 is 23.2 Å². The maximum atomic E-state index is 13.3. The van der Waals surface area contributed by atoms with Gasteiger partial charge in [-0.05, 0) is 68.5 Å². The van der Waals surface area contributed by atoms with E-state index in [0.29, 0.717) is 10.0 Å². The molecule has 2 aromatic rings. The molecule has 0 saturated carbocycles. The monoisotopic (exact) mass is 448 g/mol. The molecule has 0 heterocycles. The summed E-state index contributed by atoms with van der Waals surface area (Å²) in [4.78, 5) is 27.6. The Kier molecular flexibility index (Phi) is 8.75. The van der Waals surface area contributed by atoms with Crippen LogP contribution in [0.3, 0.4) is 0 Å². The molecule has 0 fully saturated rings. The van der Waals surface area contributed by atoms with Gasteiger partial charge in [0.2, 0.25) is 11.8 Å². The number of amides is 2. The first kappa shape index (κ1) is 24.2. The molecule has 0 aliphatic carbocycles. The Bertz CT molecular complexity index is 914. The van der Waals surface area contributed by atoms with Crippen LogP contribution in [0, 0.1) is 13.8 Å². The van der Waals surface area contributed by atoms with Gasteiger partial charge in [0.05, 0.1) is 6.42 Å². The fourth-order valence-corrected chi connectivity index (χ4v) is 3.54. The van der Waals surface area contributed by atoms with Gasteiger partial charge in [0.25, 0.3) is 0 Å². The van der Waals surface area contributed by atoms with Crippen molar-refractivity contribution in [3.8, 4) is 0 Å². The number of benzene rings is 2. The zero-order chi connectivity index (χ0) is 22.4. The van der Waals surface area contributed by atoms with Crippen molar-refractivity contribution in [2.45, 2.75) is 66.1 Å². The van der Waals surface area contributed by atoms with E-state index in [1.54, 1.807) is 30.0 Å². The third-order valence-corrected chi connectivity index (χ3v) is 6.04. The normalized spacial score (nSPS) is 12.9. The molecule has 2 rings (SSSR count). The minimum absolute atomic E-state index is 0.0378. The maximum Gasteiger partial charge on any atom is 0.242 e. The van der Waals surface area contributed by atoms with Crippen molar-refractivity contribution in [2.75, 3.05) is 0 Å². The molecule has 0 aromatic heterocycles. The van der Waals surface area contributed by atoms with Crippen molar-refractivity contribution in [3.63, 3.8) is 0 Å². The molecule has 6 heteroatoms. The van der Waals surface area contributed by atoms with Crippen molar-refractivity contribution in [3.05, 3.63) is 68.7 Å². The lowest BCUT2D eigenvalue weighted by Crippen LogP contribution is -2.50. The molecule has 0 bridgehead atoms. The van der Waals surface area contributed by atoms with Gasteiger partial charge in [-0.15, -0.1) is 0 Å². The highest BCUT2D eigenvalue weighted by Gasteiger charge is 2.27. The molecule has 0 saturated heterocycles. The fourth-order valence-electron chi connectivity index (χ4n) is 3.07.